The topological polar surface area (TPSA) is 43.1 Å². The molecule has 1 saturated carbocycles. The SMILES string of the molecule is NC(=O)C1=CC2CCC1C2. The van der Waals surface area contributed by atoms with Crippen LogP contribution >= 0.6 is 0 Å². The smallest absolute Gasteiger partial charge is 0.244 e. The standard InChI is InChI=1S/C8H11NO/c9-8(10)7-4-5-1-2-6(7)3-5/h4-6H,1-3H2,(H2,9,10). The minimum Gasteiger partial charge on any atom is -0.366 e. The molecule has 0 aromatic rings. The molecule has 2 aliphatic carbocycles. The molecule has 0 aromatic carbocycles. The monoisotopic (exact) mass is 137 g/mol. The first-order valence-corrected chi connectivity index (χ1v) is 3.79. The minimum atomic E-state index is -0.202. The largest absolute Gasteiger partial charge is 0.366 e. The number of fused-ring (bicyclic) bond motifs is 2. The summed E-state index contributed by atoms with van der Waals surface area (Å²) < 4.78 is 0. The molecule has 2 N–H and O–H groups in total. The van der Waals surface area contributed by atoms with Gasteiger partial charge in [-0.1, -0.05) is 6.08 Å². The van der Waals surface area contributed by atoms with Gasteiger partial charge in [0.15, 0.2) is 0 Å². The zero-order valence-corrected chi connectivity index (χ0v) is 5.84. The van der Waals surface area contributed by atoms with E-state index in [1.165, 1.54) is 19.3 Å². The van der Waals surface area contributed by atoms with Crippen LogP contribution in [0.3, 0.4) is 0 Å². The van der Waals surface area contributed by atoms with Crippen LogP contribution in [0.5, 0.6) is 0 Å². The van der Waals surface area contributed by atoms with Gasteiger partial charge in [-0.15, -0.1) is 0 Å². The van der Waals surface area contributed by atoms with Crippen LogP contribution in [0.15, 0.2) is 11.6 Å². The molecule has 2 unspecified atom stereocenters. The molecule has 0 radical (unpaired) electrons. The van der Waals surface area contributed by atoms with Crippen molar-refractivity contribution in [3.63, 3.8) is 0 Å². The Bertz CT molecular complexity index is 207. The highest BCUT2D eigenvalue weighted by atomic mass is 16.1. The first-order chi connectivity index (χ1) is 4.77. The highest BCUT2D eigenvalue weighted by Crippen LogP contribution is 2.43. The normalized spacial score (nSPS) is 36.2. The maximum Gasteiger partial charge on any atom is 0.244 e. The zero-order chi connectivity index (χ0) is 7.14. The number of carbonyl (C=O) groups is 1. The van der Waals surface area contributed by atoms with Gasteiger partial charge in [0.1, 0.15) is 0 Å². The van der Waals surface area contributed by atoms with Crippen LogP contribution in [-0.4, -0.2) is 5.91 Å². The van der Waals surface area contributed by atoms with Crippen molar-refractivity contribution in [2.24, 2.45) is 17.6 Å². The summed E-state index contributed by atoms with van der Waals surface area (Å²) in [6, 6.07) is 0. The summed E-state index contributed by atoms with van der Waals surface area (Å²) in [4.78, 5) is 10.7. The number of hydrogen-bond donors (Lipinski definition) is 1. The zero-order valence-electron chi connectivity index (χ0n) is 5.84. The molecule has 0 saturated heterocycles. The molecule has 54 valence electrons. The number of amides is 1. The second kappa shape index (κ2) is 1.84. The van der Waals surface area contributed by atoms with Crippen LogP contribution < -0.4 is 5.73 Å². The third-order valence-electron chi connectivity index (χ3n) is 2.61. The summed E-state index contributed by atoms with van der Waals surface area (Å²) in [5.41, 5.74) is 6.08. The average Bonchev–Trinajstić information content (AvgIpc) is 2.44. The summed E-state index contributed by atoms with van der Waals surface area (Å²) in [6.07, 6.45) is 5.69. The molecule has 2 nitrogen and oxygen atoms in total. The molecule has 2 aliphatic rings. The van der Waals surface area contributed by atoms with E-state index in [1.54, 1.807) is 0 Å². The van der Waals surface area contributed by atoms with Crippen molar-refractivity contribution in [2.45, 2.75) is 19.3 Å². The van der Waals surface area contributed by atoms with Gasteiger partial charge in [0.2, 0.25) is 5.91 Å². The van der Waals surface area contributed by atoms with E-state index in [0.29, 0.717) is 11.8 Å². The second-order valence-electron chi connectivity index (χ2n) is 3.26. The third-order valence-corrected chi connectivity index (χ3v) is 2.61. The molecule has 2 atom stereocenters. The number of hydrogen-bond acceptors (Lipinski definition) is 1. The average molecular weight is 137 g/mol. The Hall–Kier alpha value is -0.790. The molecule has 1 amide bonds. The van der Waals surface area contributed by atoms with E-state index in [0.717, 1.165) is 5.57 Å². The summed E-state index contributed by atoms with van der Waals surface area (Å²) in [6.45, 7) is 0. The molecular weight excluding hydrogens is 126 g/mol. The fourth-order valence-corrected chi connectivity index (χ4v) is 2.12. The molecule has 2 rings (SSSR count). The van der Waals surface area contributed by atoms with Crippen molar-refractivity contribution < 1.29 is 4.79 Å². The van der Waals surface area contributed by atoms with E-state index in [1.807, 2.05) is 0 Å². The van der Waals surface area contributed by atoms with Gasteiger partial charge in [0, 0.05) is 5.57 Å². The van der Waals surface area contributed by atoms with Gasteiger partial charge in [-0.3, -0.25) is 4.79 Å². The van der Waals surface area contributed by atoms with Crippen molar-refractivity contribution >= 4 is 5.91 Å². The van der Waals surface area contributed by atoms with E-state index in [-0.39, 0.29) is 5.91 Å². The van der Waals surface area contributed by atoms with Crippen LogP contribution in [-0.2, 0) is 4.79 Å². The summed E-state index contributed by atoms with van der Waals surface area (Å²) in [7, 11) is 0. The molecule has 10 heavy (non-hydrogen) atoms. The fourth-order valence-electron chi connectivity index (χ4n) is 2.12. The lowest BCUT2D eigenvalue weighted by Gasteiger charge is -2.07. The van der Waals surface area contributed by atoms with Crippen LogP contribution in [0.25, 0.3) is 0 Å². The first kappa shape index (κ1) is 5.96. The minimum absolute atomic E-state index is 0.202. The van der Waals surface area contributed by atoms with Gasteiger partial charge in [-0.2, -0.15) is 0 Å². The van der Waals surface area contributed by atoms with Crippen molar-refractivity contribution in [1.82, 2.24) is 0 Å². The number of allylic oxidation sites excluding steroid dienone is 1. The van der Waals surface area contributed by atoms with Gasteiger partial charge in [0.05, 0.1) is 0 Å². The lowest BCUT2D eigenvalue weighted by Crippen LogP contribution is -2.18. The van der Waals surface area contributed by atoms with Crippen LogP contribution in [0.1, 0.15) is 19.3 Å². The van der Waals surface area contributed by atoms with E-state index >= 15 is 0 Å². The highest BCUT2D eigenvalue weighted by molar-refractivity contribution is 5.93. The second-order valence-corrected chi connectivity index (χ2v) is 3.26. The predicted molar refractivity (Wildman–Crippen MR) is 38.1 cm³/mol. The van der Waals surface area contributed by atoms with Crippen molar-refractivity contribution in [3.05, 3.63) is 11.6 Å². The number of rotatable bonds is 1. The lowest BCUT2D eigenvalue weighted by molar-refractivity contribution is -0.115. The summed E-state index contributed by atoms with van der Waals surface area (Å²) in [5, 5.41) is 0. The van der Waals surface area contributed by atoms with Gasteiger partial charge in [0.25, 0.3) is 0 Å². The summed E-state index contributed by atoms with van der Waals surface area (Å²) in [5.74, 6) is 0.988. The van der Waals surface area contributed by atoms with Crippen LogP contribution in [0, 0.1) is 11.8 Å². The van der Waals surface area contributed by atoms with Crippen molar-refractivity contribution in [1.29, 1.82) is 0 Å². The summed E-state index contributed by atoms with van der Waals surface area (Å²) >= 11 is 0. The van der Waals surface area contributed by atoms with Crippen molar-refractivity contribution in [3.8, 4) is 0 Å². The van der Waals surface area contributed by atoms with Gasteiger partial charge in [-0.05, 0) is 31.1 Å². The van der Waals surface area contributed by atoms with Crippen LogP contribution in [0.2, 0.25) is 0 Å². The number of carbonyl (C=O) groups excluding carboxylic acids is 1. The Morgan fingerprint density at radius 3 is 2.70 bits per heavy atom. The molecule has 2 heteroatoms. The predicted octanol–water partition coefficient (Wildman–Crippen LogP) is 0.828. The van der Waals surface area contributed by atoms with E-state index in [9.17, 15) is 4.79 Å². The first-order valence-electron chi connectivity index (χ1n) is 3.79. The van der Waals surface area contributed by atoms with Gasteiger partial charge >= 0.3 is 0 Å². The maximum absolute atomic E-state index is 10.7. The Labute approximate surface area is 60.1 Å². The Morgan fingerprint density at radius 1 is 1.60 bits per heavy atom. The lowest BCUT2D eigenvalue weighted by atomic mass is 9.98. The molecule has 2 bridgehead atoms. The van der Waals surface area contributed by atoms with Gasteiger partial charge in [-0.25, -0.2) is 0 Å². The van der Waals surface area contributed by atoms with E-state index in [4.69, 9.17) is 5.73 Å². The van der Waals surface area contributed by atoms with E-state index < -0.39 is 0 Å². The Morgan fingerprint density at radius 2 is 2.40 bits per heavy atom. The quantitative estimate of drug-likeness (QED) is 0.571. The number of primary amides is 1. The highest BCUT2D eigenvalue weighted by Gasteiger charge is 2.34. The molecular formula is C8H11NO. The Kier molecular flexibility index (Phi) is 1.10. The molecule has 0 spiro atoms. The third kappa shape index (κ3) is 0.681. The van der Waals surface area contributed by atoms with E-state index in [2.05, 4.69) is 6.08 Å². The fraction of sp³-hybridized carbons (Fsp3) is 0.625. The number of nitrogens with two attached hydrogens (primary N) is 1. The molecule has 0 heterocycles. The van der Waals surface area contributed by atoms with Gasteiger partial charge < -0.3 is 5.73 Å². The molecule has 0 aliphatic heterocycles. The molecule has 0 aromatic heterocycles. The van der Waals surface area contributed by atoms with Crippen molar-refractivity contribution in [2.75, 3.05) is 0 Å². The van der Waals surface area contributed by atoms with Crippen LogP contribution in [0.4, 0.5) is 0 Å². The Balaban J connectivity index is 2.25. The maximum atomic E-state index is 10.7. The molecule has 1 fully saturated rings.